The molecule has 1 fully saturated rings. The Morgan fingerprint density at radius 3 is 2.93 bits per heavy atom. The highest BCUT2D eigenvalue weighted by Gasteiger charge is 2.27. The maximum absolute atomic E-state index is 14.0. The number of anilines is 1. The van der Waals surface area contributed by atoms with Gasteiger partial charge in [-0.05, 0) is 24.3 Å². The monoisotopic (exact) mass is 427 g/mol. The topological polar surface area (TPSA) is 90.1 Å². The van der Waals surface area contributed by atoms with E-state index in [1.165, 1.54) is 6.07 Å². The van der Waals surface area contributed by atoms with E-state index in [4.69, 9.17) is 0 Å². The fourth-order valence-electron chi connectivity index (χ4n) is 3.48. The first-order chi connectivity index (χ1) is 14.5. The lowest BCUT2D eigenvalue weighted by molar-refractivity contribution is -0.116. The van der Waals surface area contributed by atoms with Crippen LogP contribution in [0.5, 0.6) is 0 Å². The molecule has 1 aromatic heterocycles. The molecule has 1 saturated heterocycles. The van der Waals surface area contributed by atoms with Crippen molar-refractivity contribution in [3.8, 4) is 0 Å². The van der Waals surface area contributed by atoms with Gasteiger partial charge in [-0.25, -0.2) is 4.39 Å². The van der Waals surface area contributed by atoms with E-state index in [0.29, 0.717) is 29.7 Å². The van der Waals surface area contributed by atoms with Gasteiger partial charge in [0.05, 0.1) is 10.8 Å². The summed E-state index contributed by atoms with van der Waals surface area (Å²) < 4.78 is 14.0. The number of thioether (sulfide) groups is 1. The number of fused-ring (bicyclic) bond motifs is 1. The van der Waals surface area contributed by atoms with Crippen molar-refractivity contribution in [1.29, 1.82) is 0 Å². The maximum atomic E-state index is 14.0. The molecule has 9 heteroatoms. The number of halogens is 1. The quantitative estimate of drug-likeness (QED) is 0.582. The van der Waals surface area contributed by atoms with Gasteiger partial charge in [0.15, 0.2) is 5.69 Å². The molecule has 1 aliphatic heterocycles. The number of aromatic nitrogens is 2. The molecule has 0 spiro atoms. The molecule has 1 atom stereocenters. The SMILES string of the molecule is CNC(=O)c1n[nH]c2ccc(NC(=O)C3CN(Cc4ccccc4F)CCS3)cc12. The third-order valence-electron chi connectivity index (χ3n) is 5.07. The molecule has 2 heterocycles. The van der Waals surface area contributed by atoms with Crippen LogP contribution in [-0.2, 0) is 11.3 Å². The van der Waals surface area contributed by atoms with Gasteiger partial charge in [0.2, 0.25) is 5.91 Å². The van der Waals surface area contributed by atoms with Crippen molar-refractivity contribution in [2.24, 2.45) is 0 Å². The van der Waals surface area contributed by atoms with Crippen LogP contribution in [0.15, 0.2) is 42.5 Å². The number of hydrogen-bond donors (Lipinski definition) is 3. The summed E-state index contributed by atoms with van der Waals surface area (Å²) >= 11 is 1.60. The Labute approximate surface area is 177 Å². The van der Waals surface area contributed by atoms with Crippen LogP contribution in [0, 0.1) is 5.82 Å². The Morgan fingerprint density at radius 1 is 1.30 bits per heavy atom. The van der Waals surface area contributed by atoms with Gasteiger partial charge in [0.1, 0.15) is 5.82 Å². The zero-order valence-electron chi connectivity index (χ0n) is 16.4. The number of carbonyl (C=O) groups excluding carboxylic acids is 2. The summed E-state index contributed by atoms with van der Waals surface area (Å²) in [6.07, 6.45) is 0. The number of amides is 2. The predicted octanol–water partition coefficient (Wildman–Crippen LogP) is 2.62. The first kappa shape index (κ1) is 20.4. The number of aromatic amines is 1. The molecule has 2 amide bonds. The molecule has 0 aliphatic carbocycles. The number of rotatable bonds is 5. The van der Waals surface area contributed by atoms with Gasteiger partial charge in [-0.1, -0.05) is 18.2 Å². The molecule has 0 saturated carbocycles. The van der Waals surface area contributed by atoms with Crippen molar-refractivity contribution in [3.63, 3.8) is 0 Å². The first-order valence-corrected chi connectivity index (χ1v) is 10.7. The summed E-state index contributed by atoms with van der Waals surface area (Å²) in [5, 5.41) is 12.7. The average Bonchev–Trinajstić information content (AvgIpc) is 3.18. The largest absolute Gasteiger partial charge is 0.354 e. The molecule has 156 valence electrons. The van der Waals surface area contributed by atoms with Crippen molar-refractivity contribution >= 4 is 40.2 Å². The summed E-state index contributed by atoms with van der Waals surface area (Å²) in [6.45, 7) is 1.83. The van der Waals surface area contributed by atoms with Crippen LogP contribution in [0.4, 0.5) is 10.1 Å². The standard InChI is InChI=1S/C21H22FN5O2S/c1-23-21(29)19-15-10-14(6-7-17(15)25-26-19)24-20(28)18-12-27(8-9-30-18)11-13-4-2-3-5-16(13)22/h2-7,10,18H,8-9,11-12H2,1H3,(H,23,29)(H,24,28)(H,25,26). The van der Waals surface area contributed by atoms with Crippen LogP contribution in [0.1, 0.15) is 16.1 Å². The summed E-state index contributed by atoms with van der Waals surface area (Å²) in [4.78, 5) is 26.9. The third kappa shape index (κ3) is 4.31. The molecule has 3 N–H and O–H groups in total. The minimum atomic E-state index is -0.295. The lowest BCUT2D eigenvalue weighted by atomic mass is 10.1. The van der Waals surface area contributed by atoms with E-state index >= 15 is 0 Å². The minimum Gasteiger partial charge on any atom is -0.354 e. The van der Waals surface area contributed by atoms with Gasteiger partial charge in [-0.15, -0.1) is 11.8 Å². The van der Waals surface area contributed by atoms with Crippen molar-refractivity contribution in [3.05, 3.63) is 59.5 Å². The van der Waals surface area contributed by atoms with E-state index in [1.54, 1.807) is 49.1 Å². The minimum absolute atomic E-state index is 0.109. The molecule has 2 aromatic carbocycles. The number of carbonyl (C=O) groups is 2. The van der Waals surface area contributed by atoms with Crippen LogP contribution >= 0.6 is 11.8 Å². The molecule has 4 rings (SSSR count). The van der Waals surface area contributed by atoms with E-state index in [2.05, 4.69) is 25.7 Å². The average molecular weight is 428 g/mol. The normalized spacial score (nSPS) is 17.1. The summed E-state index contributed by atoms with van der Waals surface area (Å²) in [7, 11) is 1.54. The van der Waals surface area contributed by atoms with Crippen LogP contribution in [0.25, 0.3) is 10.9 Å². The Kier molecular flexibility index (Phi) is 6.01. The van der Waals surface area contributed by atoms with Crippen LogP contribution in [-0.4, -0.2) is 58.1 Å². The Bertz CT molecular complexity index is 1090. The van der Waals surface area contributed by atoms with Crippen LogP contribution < -0.4 is 10.6 Å². The summed E-state index contributed by atoms with van der Waals surface area (Å²) in [5.74, 6) is 0.171. The van der Waals surface area contributed by atoms with E-state index in [1.807, 2.05) is 6.07 Å². The highest BCUT2D eigenvalue weighted by molar-refractivity contribution is 8.00. The number of nitrogens with zero attached hydrogens (tertiary/aromatic N) is 2. The van der Waals surface area contributed by atoms with Gasteiger partial charge in [-0.3, -0.25) is 19.6 Å². The summed E-state index contributed by atoms with van der Waals surface area (Å²) in [5.41, 5.74) is 2.24. The number of benzene rings is 2. The lowest BCUT2D eigenvalue weighted by Crippen LogP contribution is -2.43. The number of hydrogen-bond acceptors (Lipinski definition) is 5. The fourth-order valence-corrected chi connectivity index (χ4v) is 4.65. The third-order valence-corrected chi connectivity index (χ3v) is 6.25. The fraction of sp³-hybridized carbons (Fsp3) is 0.286. The molecule has 0 radical (unpaired) electrons. The molecule has 1 aliphatic rings. The Hall–Kier alpha value is -2.91. The van der Waals surface area contributed by atoms with Gasteiger partial charge < -0.3 is 10.6 Å². The number of H-pyrrole nitrogens is 1. The molecular formula is C21H22FN5O2S. The van der Waals surface area contributed by atoms with Gasteiger partial charge >= 0.3 is 0 Å². The van der Waals surface area contributed by atoms with Crippen molar-refractivity contribution in [2.45, 2.75) is 11.8 Å². The molecular weight excluding hydrogens is 405 g/mol. The van der Waals surface area contributed by atoms with E-state index < -0.39 is 0 Å². The highest BCUT2D eigenvalue weighted by atomic mass is 32.2. The second-order valence-corrected chi connectivity index (χ2v) is 8.40. The predicted molar refractivity (Wildman–Crippen MR) is 116 cm³/mol. The lowest BCUT2D eigenvalue weighted by Gasteiger charge is -2.31. The molecule has 0 bridgehead atoms. The maximum Gasteiger partial charge on any atom is 0.272 e. The second kappa shape index (κ2) is 8.85. The zero-order valence-corrected chi connectivity index (χ0v) is 17.3. The van der Waals surface area contributed by atoms with Gasteiger partial charge in [-0.2, -0.15) is 5.10 Å². The Morgan fingerprint density at radius 2 is 2.13 bits per heavy atom. The molecule has 3 aromatic rings. The highest BCUT2D eigenvalue weighted by Crippen LogP contribution is 2.25. The molecule has 30 heavy (non-hydrogen) atoms. The number of nitrogens with one attached hydrogen (secondary N) is 3. The molecule has 7 nitrogen and oxygen atoms in total. The van der Waals surface area contributed by atoms with E-state index in [-0.39, 0.29) is 28.6 Å². The van der Waals surface area contributed by atoms with Crippen molar-refractivity contribution in [2.75, 3.05) is 31.2 Å². The zero-order chi connectivity index (χ0) is 21.1. The van der Waals surface area contributed by atoms with Crippen LogP contribution in [0.2, 0.25) is 0 Å². The van der Waals surface area contributed by atoms with Gasteiger partial charge in [0.25, 0.3) is 5.91 Å². The van der Waals surface area contributed by atoms with E-state index in [9.17, 15) is 14.0 Å². The second-order valence-electron chi connectivity index (χ2n) is 7.09. The van der Waals surface area contributed by atoms with Crippen molar-refractivity contribution < 1.29 is 14.0 Å². The van der Waals surface area contributed by atoms with Crippen LogP contribution in [0.3, 0.4) is 0 Å². The van der Waals surface area contributed by atoms with Crippen molar-refractivity contribution in [1.82, 2.24) is 20.4 Å². The first-order valence-electron chi connectivity index (χ1n) is 9.63. The smallest absolute Gasteiger partial charge is 0.272 e. The Balaban J connectivity index is 1.44. The van der Waals surface area contributed by atoms with Gasteiger partial charge in [0, 0.05) is 49.1 Å². The molecule has 1 unspecified atom stereocenters. The van der Waals surface area contributed by atoms with E-state index in [0.717, 1.165) is 17.8 Å². The summed E-state index contributed by atoms with van der Waals surface area (Å²) in [6, 6.07) is 12.0.